The number of ether oxygens (including phenoxy) is 1. The van der Waals surface area contributed by atoms with E-state index in [9.17, 15) is 13.2 Å². The van der Waals surface area contributed by atoms with E-state index in [-0.39, 0.29) is 11.9 Å². The topological polar surface area (TPSA) is 96.8 Å². The number of piperidine rings is 1. The number of nitrogens with one attached hydrogen (secondary N) is 1. The van der Waals surface area contributed by atoms with E-state index in [1.807, 2.05) is 14.0 Å². The summed E-state index contributed by atoms with van der Waals surface area (Å²) in [6, 6.07) is 2.29. The number of aryl methyl sites for hydroxylation is 2. The molecule has 10 heteroatoms. The van der Waals surface area contributed by atoms with Crippen molar-refractivity contribution in [2.45, 2.75) is 44.7 Å². The van der Waals surface area contributed by atoms with Crippen LogP contribution in [0.15, 0.2) is 6.07 Å². The molecular formula is C19H33N5O4S. The number of aromatic nitrogens is 2. The van der Waals surface area contributed by atoms with Crippen LogP contribution >= 0.6 is 0 Å². The van der Waals surface area contributed by atoms with Gasteiger partial charge in [-0.2, -0.15) is 5.10 Å². The summed E-state index contributed by atoms with van der Waals surface area (Å²) in [4.78, 5) is 14.8. The van der Waals surface area contributed by atoms with Crippen LogP contribution in [0, 0.1) is 6.92 Å². The van der Waals surface area contributed by atoms with Gasteiger partial charge in [-0.25, -0.2) is 12.7 Å². The second-order valence-corrected chi connectivity index (χ2v) is 10.0. The molecule has 2 saturated heterocycles. The Balaban J connectivity index is 1.63. The van der Waals surface area contributed by atoms with Crippen LogP contribution in [0.2, 0.25) is 0 Å². The van der Waals surface area contributed by atoms with Crippen molar-refractivity contribution in [3.8, 4) is 0 Å². The number of hydrogen-bond acceptors (Lipinski definition) is 6. The van der Waals surface area contributed by atoms with Crippen molar-refractivity contribution in [2.75, 3.05) is 45.6 Å². The molecule has 1 amide bonds. The van der Waals surface area contributed by atoms with Crippen LogP contribution in [0.1, 0.15) is 41.9 Å². The van der Waals surface area contributed by atoms with Gasteiger partial charge in [0.1, 0.15) is 5.69 Å². The lowest BCUT2D eigenvalue weighted by molar-refractivity contribution is 0.00672. The van der Waals surface area contributed by atoms with Crippen molar-refractivity contribution in [3.63, 3.8) is 0 Å². The number of hydrogen-bond donors (Lipinski definition) is 1. The molecule has 2 aliphatic rings. The molecule has 2 aliphatic heterocycles. The fourth-order valence-electron chi connectivity index (χ4n) is 4.23. The van der Waals surface area contributed by atoms with Gasteiger partial charge in [-0.05, 0) is 38.7 Å². The summed E-state index contributed by atoms with van der Waals surface area (Å²) in [5, 5.41) is 7.20. The van der Waals surface area contributed by atoms with Gasteiger partial charge >= 0.3 is 0 Å². The second kappa shape index (κ2) is 9.55. The Kier molecular flexibility index (Phi) is 7.31. The Morgan fingerprint density at radius 2 is 2.03 bits per heavy atom. The molecule has 1 unspecified atom stereocenters. The lowest BCUT2D eigenvalue weighted by atomic mass is 9.99. The van der Waals surface area contributed by atoms with E-state index < -0.39 is 10.0 Å². The Morgan fingerprint density at radius 3 is 2.66 bits per heavy atom. The van der Waals surface area contributed by atoms with Gasteiger partial charge in [-0.1, -0.05) is 0 Å². The average Bonchev–Trinajstić information content (AvgIpc) is 3.04. The zero-order chi connectivity index (χ0) is 21.0. The summed E-state index contributed by atoms with van der Waals surface area (Å²) >= 11 is 0. The number of sulfonamides is 1. The summed E-state index contributed by atoms with van der Waals surface area (Å²) in [5.74, 6) is -0.179. The minimum Gasteiger partial charge on any atom is -0.381 e. The molecule has 0 bridgehead atoms. The van der Waals surface area contributed by atoms with Crippen molar-refractivity contribution < 1.29 is 17.9 Å². The van der Waals surface area contributed by atoms with E-state index in [1.165, 1.54) is 6.26 Å². The van der Waals surface area contributed by atoms with Gasteiger partial charge < -0.3 is 10.1 Å². The molecule has 1 atom stereocenters. The molecule has 3 rings (SSSR count). The summed E-state index contributed by atoms with van der Waals surface area (Å²) in [6.07, 6.45) is 4.97. The van der Waals surface area contributed by atoms with Gasteiger partial charge in [-0.15, -0.1) is 0 Å². The highest BCUT2D eigenvalue weighted by Gasteiger charge is 2.33. The minimum atomic E-state index is -3.19. The number of carbonyl (C=O) groups is 1. The van der Waals surface area contributed by atoms with E-state index in [4.69, 9.17) is 4.74 Å². The van der Waals surface area contributed by atoms with Gasteiger partial charge in [-0.3, -0.25) is 14.4 Å². The van der Waals surface area contributed by atoms with Gasteiger partial charge in [0, 0.05) is 64.2 Å². The van der Waals surface area contributed by atoms with Gasteiger partial charge in [0.05, 0.1) is 6.26 Å². The standard InChI is InChI=1S/C19H33N5O4S/c1-15-13-18(21-22(15)2)19(25)20-8-10-24(16-6-11-28-12-7-16)17-5-4-9-23(14-17)29(3,26)27/h13,16-17H,4-12,14H2,1-3H3,(H,20,25). The maximum atomic E-state index is 12.4. The first-order valence-corrected chi connectivity index (χ1v) is 12.2. The molecular weight excluding hydrogens is 394 g/mol. The third-order valence-electron chi connectivity index (χ3n) is 5.96. The highest BCUT2D eigenvalue weighted by molar-refractivity contribution is 7.88. The number of rotatable bonds is 7. The second-order valence-electron chi connectivity index (χ2n) is 8.05. The molecule has 9 nitrogen and oxygen atoms in total. The smallest absolute Gasteiger partial charge is 0.271 e. The SMILES string of the molecule is Cc1cc(C(=O)NCCN(C2CCOCC2)C2CCCN(S(C)(=O)=O)C2)nn1C. The summed E-state index contributed by atoms with van der Waals surface area (Å²) in [7, 11) is -1.38. The lowest BCUT2D eigenvalue weighted by Gasteiger charge is -2.43. The van der Waals surface area contributed by atoms with E-state index in [0.29, 0.717) is 37.9 Å². The van der Waals surface area contributed by atoms with E-state index in [0.717, 1.165) is 44.6 Å². The molecule has 0 saturated carbocycles. The number of amides is 1. The van der Waals surface area contributed by atoms with Crippen LogP contribution in [-0.2, 0) is 21.8 Å². The first-order valence-electron chi connectivity index (χ1n) is 10.3. The summed E-state index contributed by atoms with van der Waals surface area (Å²) < 4.78 is 32.9. The van der Waals surface area contributed by atoms with Crippen LogP contribution < -0.4 is 5.32 Å². The quantitative estimate of drug-likeness (QED) is 0.675. The Bertz CT molecular complexity index is 784. The van der Waals surface area contributed by atoms with Crippen molar-refractivity contribution in [3.05, 3.63) is 17.5 Å². The Labute approximate surface area is 173 Å². The molecule has 0 spiro atoms. The third-order valence-corrected chi connectivity index (χ3v) is 7.23. The van der Waals surface area contributed by atoms with Gasteiger partial charge in [0.15, 0.2) is 0 Å². The summed E-state index contributed by atoms with van der Waals surface area (Å²) in [5.41, 5.74) is 1.35. The first kappa shape index (κ1) is 22.2. The van der Waals surface area contributed by atoms with E-state index >= 15 is 0 Å². The van der Waals surface area contributed by atoms with E-state index in [2.05, 4.69) is 15.3 Å². The molecule has 3 heterocycles. The molecule has 29 heavy (non-hydrogen) atoms. The zero-order valence-electron chi connectivity index (χ0n) is 17.6. The van der Waals surface area contributed by atoms with Gasteiger partial charge in [0.25, 0.3) is 5.91 Å². The maximum Gasteiger partial charge on any atom is 0.271 e. The highest BCUT2D eigenvalue weighted by atomic mass is 32.2. The monoisotopic (exact) mass is 427 g/mol. The predicted octanol–water partition coefficient (Wildman–Crippen LogP) is 0.363. The normalized spacial score (nSPS) is 22.1. The average molecular weight is 428 g/mol. The van der Waals surface area contributed by atoms with Crippen molar-refractivity contribution in [2.24, 2.45) is 7.05 Å². The molecule has 1 aromatic rings. The van der Waals surface area contributed by atoms with Crippen LogP contribution in [0.4, 0.5) is 0 Å². The highest BCUT2D eigenvalue weighted by Crippen LogP contribution is 2.24. The van der Waals surface area contributed by atoms with Crippen LogP contribution in [0.25, 0.3) is 0 Å². The largest absolute Gasteiger partial charge is 0.381 e. The summed E-state index contributed by atoms with van der Waals surface area (Å²) in [6.45, 7) is 5.65. The predicted molar refractivity (Wildman–Crippen MR) is 110 cm³/mol. The first-order chi connectivity index (χ1) is 13.8. The van der Waals surface area contributed by atoms with Gasteiger partial charge in [0.2, 0.25) is 10.0 Å². The molecule has 164 valence electrons. The third kappa shape index (κ3) is 5.78. The Hall–Kier alpha value is -1.49. The molecule has 0 radical (unpaired) electrons. The Morgan fingerprint density at radius 1 is 1.31 bits per heavy atom. The molecule has 1 aromatic heterocycles. The van der Waals surface area contributed by atoms with Crippen molar-refractivity contribution in [1.29, 1.82) is 0 Å². The van der Waals surface area contributed by atoms with Crippen molar-refractivity contribution >= 4 is 15.9 Å². The molecule has 0 aromatic carbocycles. The molecule has 1 N–H and O–H groups in total. The van der Waals surface area contributed by atoms with Crippen molar-refractivity contribution in [1.82, 2.24) is 24.3 Å². The fraction of sp³-hybridized carbons (Fsp3) is 0.789. The maximum absolute atomic E-state index is 12.4. The molecule has 2 fully saturated rings. The minimum absolute atomic E-state index is 0.163. The number of carbonyl (C=O) groups excluding carboxylic acids is 1. The fourth-order valence-corrected chi connectivity index (χ4v) is 5.14. The number of nitrogens with zero attached hydrogens (tertiary/aromatic N) is 4. The van der Waals surface area contributed by atoms with Crippen LogP contribution in [0.5, 0.6) is 0 Å². The molecule has 0 aliphatic carbocycles. The zero-order valence-corrected chi connectivity index (χ0v) is 18.4. The van der Waals surface area contributed by atoms with Crippen LogP contribution in [-0.4, -0.2) is 91.0 Å². The van der Waals surface area contributed by atoms with Crippen LogP contribution in [0.3, 0.4) is 0 Å². The lowest BCUT2D eigenvalue weighted by Crippen LogP contribution is -2.55. The van der Waals surface area contributed by atoms with E-state index in [1.54, 1.807) is 15.1 Å².